The van der Waals surface area contributed by atoms with E-state index < -0.39 is 5.97 Å². The van der Waals surface area contributed by atoms with Gasteiger partial charge in [-0.1, -0.05) is 29.8 Å². The average Bonchev–Trinajstić information content (AvgIpc) is 3.24. The molecule has 1 fully saturated rings. The quantitative estimate of drug-likeness (QED) is 0.576. The summed E-state index contributed by atoms with van der Waals surface area (Å²) >= 11 is 6.13. The molecule has 5 nitrogen and oxygen atoms in total. The van der Waals surface area contributed by atoms with E-state index in [2.05, 4.69) is 0 Å². The molecule has 24 heavy (non-hydrogen) atoms. The molecular weight excluding hydrogens is 332 g/mol. The van der Waals surface area contributed by atoms with Crippen LogP contribution in [0.25, 0.3) is 0 Å². The average molecular weight is 349 g/mol. The summed E-state index contributed by atoms with van der Waals surface area (Å²) in [4.78, 5) is 24.6. The Morgan fingerprint density at radius 1 is 1.25 bits per heavy atom. The molecular formula is C18H17ClO5. The zero-order chi connectivity index (χ0) is 17.3. The number of fused-ring (bicyclic) bond motifs is 2. The zero-order valence-corrected chi connectivity index (χ0v) is 13.8. The van der Waals surface area contributed by atoms with Crippen LogP contribution in [0.15, 0.2) is 36.4 Å². The summed E-state index contributed by atoms with van der Waals surface area (Å²) in [7, 11) is 0. The van der Waals surface area contributed by atoms with Crippen molar-refractivity contribution in [3.05, 3.63) is 52.6 Å². The lowest BCUT2D eigenvalue weighted by molar-refractivity contribution is -0.114. The highest BCUT2D eigenvalue weighted by Crippen LogP contribution is 2.32. The molecule has 0 bridgehead atoms. The number of hydrogen-bond acceptors (Lipinski definition) is 5. The summed E-state index contributed by atoms with van der Waals surface area (Å²) in [5.41, 5.74) is 0.210. The number of allylic oxidation sites excluding steroid dienone is 3. The molecule has 0 amide bonds. The van der Waals surface area contributed by atoms with Gasteiger partial charge in [0.1, 0.15) is 23.5 Å². The van der Waals surface area contributed by atoms with Gasteiger partial charge in [-0.05, 0) is 30.7 Å². The van der Waals surface area contributed by atoms with Crippen LogP contribution in [0.4, 0.5) is 0 Å². The van der Waals surface area contributed by atoms with E-state index in [0.717, 1.165) is 0 Å². The predicted octanol–water partition coefficient (Wildman–Crippen LogP) is 2.99. The molecule has 1 saturated heterocycles. The molecule has 1 aromatic rings. The van der Waals surface area contributed by atoms with Crippen LogP contribution >= 0.6 is 11.6 Å². The first-order valence-corrected chi connectivity index (χ1v) is 8.08. The van der Waals surface area contributed by atoms with Gasteiger partial charge in [-0.2, -0.15) is 0 Å². The lowest BCUT2D eigenvalue weighted by Crippen LogP contribution is -2.19. The van der Waals surface area contributed by atoms with Gasteiger partial charge in [0.2, 0.25) is 0 Å². The van der Waals surface area contributed by atoms with Crippen LogP contribution in [0.5, 0.6) is 5.75 Å². The molecule has 3 atom stereocenters. The lowest BCUT2D eigenvalue weighted by atomic mass is 10.0. The monoisotopic (exact) mass is 348 g/mol. The van der Waals surface area contributed by atoms with Gasteiger partial charge in [0.15, 0.2) is 5.78 Å². The third-order valence-corrected chi connectivity index (χ3v) is 4.33. The van der Waals surface area contributed by atoms with Crippen LogP contribution in [-0.2, 0) is 20.7 Å². The van der Waals surface area contributed by atoms with E-state index in [4.69, 9.17) is 21.1 Å². The van der Waals surface area contributed by atoms with Crippen molar-refractivity contribution in [3.8, 4) is 5.75 Å². The molecule has 0 spiro atoms. The molecule has 1 N–H and O–H groups in total. The van der Waals surface area contributed by atoms with Gasteiger partial charge in [-0.15, -0.1) is 0 Å². The molecule has 2 aliphatic rings. The third kappa shape index (κ3) is 3.68. The maximum atomic E-state index is 12.5. The maximum absolute atomic E-state index is 12.5. The Labute approximate surface area is 144 Å². The molecule has 0 radical (unpaired) electrons. The van der Waals surface area contributed by atoms with Crippen molar-refractivity contribution in [1.29, 1.82) is 0 Å². The van der Waals surface area contributed by atoms with Gasteiger partial charge in [0, 0.05) is 17.9 Å². The Balaban J connectivity index is 1.97. The summed E-state index contributed by atoms with van der Waals surface area (Å²) in [5, 5.41) is 10.3. The normalized spacial score (nSPS) is 27.0. The van der Waals surface area contributed by atoms with Crippen molar-refractivity contribution in [3.63, 3.8) is 0 Å². The van der Waals surface area contributed by atoms with Gasteiger partial charge >= 0.3 is 5.97 Å². The van der Waals surface area contributed by atoms with E-state index >= 15 is 0 Å². The molecule has 1 aromatic carbocycles. The molecule has 2 heterocycles. The first kappa shape index (κ1) is 16.7. The Bertz CT molecular complexity index is 737. The molecule has 6 heteroatoms. The molecule has 2 aliphatic heterocycles. The minimum Gasteiger partial charge on any atom is -0.507 e. The van der Waals surface area contributed by atoms with E-state index in [9.17, 15) is 14.7 Å². The van der Waals surface area contributed by atoms with Gasteiger partial charge in [0.05, 0.1) is 6.10 Å². The molecule has 0 unspecified atom stereocenters. The highest BCUT2D eigenvalue weighted by atomic mass is 35.5. The number of esters is 1. The Morgan fingerprint density at radius 2 is 2.04 bits per heavy atom. The first-order chi connectivity index (χ1) is 11.5. The maximum Gasteiger partial charge on any atom is 0.342 e. The van der Waals surface area contributed by atoms with Crippen molar-refractivity contribution >= 4 is 23.4 Å². The van der Waals surface area contributed by atoms with Crippen LogP contribution < -0.4 is 0 Å². The van der Waals surface area contributed by atoms with Crippen molar-refractivity contribution in [2.24, 2.45) is 0 Å². The Kier molecular flexibility index (Phi) is 4.73. The van der Waals surface area contributed by atoms with E-state index in [1.807, 2.05) is 6.08 Å². The fourth-order valence-corrected chi connectivity index (χ4v) is 2.94. The second-order valence-electron chi connectivity index (χ2n) is 5.90. The topological polar surface area (TPSA) is 76.1 Å². The molecule has 0 aliphatic carbocycles. The number of carbonyl (C=O) groups excluding carboxylic acids is 2. The van der Waals surface area contributed by atoms with E-state index in [-0.39, 0.29) is 52.4 Å². The first-order valence-electron chi connectivity index (χ1n) is 7.70. The lowest BCUT2D eigenvalue weighted by Gasteiger charge is -2.16. The Morgan fingerprint density at radius 3 is 2.83 bits per heavy atom. The van der Waals surface area contributed by atoms with Gasteiger partial charge in [-0.25, -0.2) is 4.79 Å². The number of phenols is 1. The van der Waals surface area contributed by atoms with Gasteiger partial charge in [-0.3, -0.25) is 4.79 Å². The fourth-order valence-electron chi connectivity index (χ4n) is 2.71. The van der Waals surface area contributed by atoms with Crippen LogP contribution in [0.3, 0.4) is 0 Å². The van der Waals surface area contributed by atoms with Crippen LogP contribution in [-0.4, -0.2) is 35.2 Å². The number of ketones is 1. The van der Waals surface area contributed by atoms with Crippen molar-refractivity contribution in [2.75, 3.05) is 0 Å². The standard InChI is InChI=1S/C18H17ClO5/c1-10-8-16-15(24-16)5-3-2-4-11(20)9-12-13(19)6-7-14(21)17(12)18(22)23-10/h2-7,10,15-16,21H,8-9H2,1H3/t10-,15-,16-/m1/s1. The van der Waals surface area contributed by atoms with E-state index in [1.54, 1.807) is 19.1 Å². The molecule has 3 rings (SSSR count). The second-order valence-corrected chi connectivity index (χ2v) is 6.31. The zero-order valence-electron chi connectivity index (χ0n) is 13.1. The van der Waals surface area contributed by atoms with E-state index in [0.29, 0.717) is 6.42 Å². The summed E-state index contributed by atoms with van der Waals surface area (Å²) < 4.78 is 10.9. The van der Waals surface area contributed by atoms with Gasteiger partial charge < -0.3 is 14.6 Å². The highest BCUT2D eigenvalue weighted by Gasteiger charge is 2.38. The van der Waals surface area contributed by atoms with Crippen LogP contribution in [0, 0.1) is 0 Å². The van der Waals surface area contributed by atoms with Crippen LogP contribution in [0.1, 0.15) is 29.3 Å². The molecule has 0 aromatic heterocycles. The number of halogens is 1. The van der Waals surface area contributed by atoms with Crippen molar-refractivity contribution in [1.82, 2.24) is 0 Å². The van der Waals surface area contributed by atoms with Crippen LogP contribution in [0.2, 0.25) is 5.02 Å². The smallest absolute Gasteiger partial charge is 0.342 e. The number of carbonyl (C=O) groups is 2. The molecule has 126 valence electrons. The summed E-state index contributed by atoms with van der Waals surface area (Å²) in [5.74, 6) is -1.19. The summed E-state index contributed by atoms with van der Waals surface area (Å²) in [6.07, 6.45) is 6.69. The predicted molar refractivity (Wildman–Crippen MR) is 88.3 cm³/mol. The second kappa shape index (κ2) is 6.79. The highest BCUT2D eigenvalue weighted by molar-refractivity contribution is 6.32. The number of phenolic OH excluding ortho intramolecular Hbond substituents is 1. The number of rotatable bonds is 0. The number of cyclic esters (lactones) is 1. The SMILES string of the molecule is C[C@@H]1C[C@H]2O[C@@H]2C=CC=CC(=O)Cc2c(Cl)ccc(O)c2C(=O)O1. The third-order valence-electron chi connectivity index (χ3n) is 3.98. The fraction of sp³-hybridized carbons (Fsp3) is 0.333. The minimum atomic E-state index is -0.695. The number of ether oxygens (including phenoxy) is 2. The van der Waals surface area contributed by atoms with Gasteiger partial charge in [0.25, 0.3) is 0 Å². The van der Waals surface area contributed by atoms with Crippen molar-refractivity contribution < 1.29 is 24.2 Å². The summed E-state index contributed by atoms with van der Waals surface area (Å²) in [6.45, 7) is 1.76. The van der Waals surface area contributed by atoms with E-state index in [1.165, 1.54) is 18.2 Å². The number of epoxide rings is 1. The minimum absolute atomic E-state index is 0.0106. The number of aromatic hydroxyl groups is 1. The largest absolute Gasteiger partial charge is 0.507 e. The number of benzene rings is 1. The molecule has 0 saturated carbocycles. The Hall–Kier alpha value is -2.11. The van der Waals surface area contributed by atoms with Crippen molar-refractivity contribution in [2.45, 2.75) is 38.1 Å². The number of hydrogen-bond donors (Lipinski definition) is 1. The summed E-state index contributed by atoms with van der Waals surface area (Å²) in [6, 6.07) is 2.77.